The van der Waals surface area contributed by atoms with Crippen molar-refractivity contribution < 1.29 is 14.2 Å². The van der Waals surface area contributed by atoms with E-state index in [4.69, 9.17) is 14.2 Å². The van der Waals surface area contributed by atoms with E-state index >= 15 is 0 Å². The molecule has 12 heavy (non-hydrogen) atoms. The second-order valence-electron chi connectivity index (χ2n) is 3.39. The first kappa shape index (κ1) is 8.48. The van der Waals surface area contributed by atoms with Crippen LogP contribution in [0, 0.1) is 6.92 Å². The summed E-state index contributed by atoms with van der Waals surface area (Å²) in [6.07, 6.45) is 2.89. The van der Waals surface area contributed by atoms with E-state index in [1.807, 2.05) is 0 Å². The van der Waals surface area contributed by atoms with Crippen molar-refractivity contribution in [1.29, 1.82) is 0 Å². The lowest BCUT2D eigenvalue weighted by molar-refractivity contribution is 0.0342. The van der Waals surface area contributed by atoms with E-state index in [0.717, 1.165) is 32.7 Å². The summed E-state index contributed by atoms with van der Waals surface area (Å²) in [5, 5.41) is 0. The van der Waals surface area contributed by atoms with Crippen LogP contribution in [-0.2, 0) is 14.2 Å². The Morgan fingerprint density at radius 2 is 2.00 bits per heavy atom. The molecule has 0 amide bonds. The highest BCUT2D eigenvalue weighted by molar-refractivity contribution is 4.76. The minimum atomic E-state index is 0.265. The van der Waals surface area contributed by atoms with E-state index in [0.29, 0.717) is 12.2 Å². The Labute approximate surface area is 73.0 Å². The van der Waals surface area contributed by atoms with Crippen LogP contribution in [0.15, 0.2) is 0 Å². The highest BCUT2D eigenvalue weighted by Gasteiger charge is 2.28. The van der Waals surface area contributed by atoms with Gasteiger partial charge in [0.1, 0.15) is 6.10 Å². The van der Waals surface area contributed by atoms with E-state index in [1.165, 1.54) is 0 Å². The van der Waals surface area contributed by atoms with Crippen molar-refractivity contribution in [3.8, 4) is 0 Å². The van der Waals surface area contributed by atoms with Gasteiger partial charge in [-0.1, -0.05) is 6.92 Å². The van der Waals surface area contributed by atoms with Crippen LogP contribution in [-0.4, -0.2) is 38.1 Å². The molecule has 3 unspecified atom stereocenters. The third-order valence-electron chi connectivity index (χ3n) is 2.17. The van der Waals surface area contributed by atoms with Gasteiger partial charge >= 0.3 is 0 Å². The van der Waals surface area contributed by atoms with Crippen LogP contribution in [0.4, 0.5) is 0 Å². The summed E-state index contributed by atoms with van der Waals surface area (Å²) in [5.74, 6) is 0. The Balaban J connectivity index is 1.58. The molecule has 2 heterocycles. The molecule has 0 N–H and O–H groups in total. The van der Waals surface area contributed by atoms with Crippen molar-refractivity contribution in [3.63, 3.8) is 0 Å². The summed E-state index contributed by atoms with van der Waals surface area (Å²) in [6.45, 7) is 6.34. The van der Waals surface area contributed by atoms with Gasteiger partial charge in [0, 0.05) is 6.42 Å². The lowest BCUT2D eigenvalue weighted by atomic mass is 10.1. The normalized spacial score (nSPS) is 34.8. The van der Waals surface area contributed by atoms with E-state index in [-0.39, 0.29) is 6.10 Å². The van der Waals surface area contributed by atoms with Gasteiger partial charge in [0.15, 0.2) is 0 Å². The Morgan fingerprint density at radius 1 is 1.33 bits per heavy atom. The fourth-order valence-electron chi connectivity index (χ4n) is 1.17. The molecule has 2 aliphatic heterocycles. The molecule has 2 fully saturated rings. The molecule has 0 aromatic carbocycles. The molecule has 0 aromatic rings. The van der Waals surface area contributed by atoms with E-state index in [1.54, 1.807) is 0 Å². The van der Waals surface area contributed by atoms with Crippen LogP contribution in [0.25, 0.3) is 0 Å². The molecule has 69 valence electrons. The molecule has 0 aromatic heterocycles. The molecule has 3 nitrogen and oxygen atoms in total. The maximum absolute atomic E-state index is 5.60. The van der Waals surface area contributed by atoms with Crippen LogP contribution < -0.4 is 0 Å². The maximum Gasteiger partial charge on any atom is 0.104 e. The van der Waals surface area contributed by atoms with Crippen molar-refractivity contribution in [2.24, 2.45) is 0 Å². The van der Waals surface area contributed by atoms with Crippen molar-refractivity contribution in [3.05, 3.63) is 6.92 Å². The van der Waals surface area contributed by atoms with Crippen LogP contribution in [0.1, 0.15) is 12.8 Å². The number of hydrogen-bond donors (Lipinski definition) is 0. The lowest BCUT2D eigenvalue weighted by Crippen LogP contribution is -2.17. The quantitative estimate of drug-likeness (QED) is 0.554. The van der Waals surface area contributed by atoms with Crippen molar-refractivity contribution in [2.45, 2.75) is 31.2 Å². The molecule has 2 rings (SSSR count). The van der Waals surface area contributed by atoms with Crippen molar-refractivity contribution >= 4 is 0 Å². The number of ether oxygens (including phenoxy) is 3. The van der Waals surface area contributed by atoms with E-state index in [9.17, 15) is 0 Å². The second-order valence-corrected chi connectivity index (χ2v) is 3.39. The Kier molecular flexibility index (Phi) is 2.63. The first-order chi connectivity index (χ1) is 5.88. The number of rotatable bonds is 6. The zero-order valence-electron chi connectivity index (χ0n) is 7.20. The van der Waals surface area contributed by atoms with Gasteiger partial charge in [-0.05, 0) is 6.42 Å². The lowest BCUT2D eigenvalue weighted by Gasteiger charge is -2.13. The molecule has 0 saturated carbocycles. The number of hydrogen-bond acceptors (Lipinski definition) is 3. The van der Waals surface area contributed by atoms with Crippen LogP contribution >= 0.6 is 0 Å². The van der Waals surface area contributed by atoms with Crippen molar-refractivity contribution in [2.75, 3.05) is 19.8 Å². The summed E-state index contributed by atoms with van der Waals surface area (Å²) in [5.41, 5.74) is 0. The second kappa shape index (κ2) is 3.73. The fraction of sp³-hybridized carbons (Fsp3) is 0.889. The molecule has 1 radical (unpaired) electrons. The molecule has 2 saturated heterocycles. The van der Waals surface area contributed by atoms with Gasteiger partial charge in [-0.2, -0.15) is 0 Å². The maximum atomic E-state index is 5.60. The Morgan fingerprint density at radius 3 is 2.50 bits per heavy atom. The standard InChI is InChI=1S/C9H15O3/c1-2-7(3-8-4-11-8)10-5-9-6-12-9/h7-9H,1-6H2. The minimum Gasteiger partial charge on any atom is -0.375 e. The molecule has 0 bridgehead atoms. The molecule has 0 aliphatic carbocycles. The fourth-order valence-corrected chi connectivity index (χ4v) is 1.17. The largest absolute Gasteiger partial charge is 0.375 e. The summed E-state index contributed by atoms with van der Waals surface area (Å²) in [7, 11) is 0. The van der Waals surface area contributed by atoms with Gasteiger partial charge in [0.25, 0.3) is 0 Å². The monoisotopic (exact) mass is 171 g/mol. The first-order valence-corrected chi connectivity index (χ1v) is 4.52. The Bertz CT molecular complexity index is 141. The average Bonchev–Trinajstić information content (AvgIpc) is 2.92. The smallest absolute Gasteiger partial charge is 0.104 e. The van der Waals surface area contributed by atoms with Gasteiger partial charge in [0.2, 0.25) is 0 Å². The molecule has 3 heteroatoms. The van der Waals surface area contributed by atoms with Crippen LogP contribution in [0.3, 0.4) is 0 Å². The van der Waals surface area contributed by atoms with Gasteiger partial charge in [0.05, 0.1) is 32.0 Å². The summed E-state index contributed by atoms with van der Waals surface area (Å²) in [6, 6.07) is 0. The molecular weight excluding hydrogens is 156 g/mol. The first-order valence-electron chi connectivity index (χ1n) is 4.52. The SMILES string of the molecule is [CH2]CC(CC1CO1)OCC1CO1. The van der Waals surface area contributed by atoms with Crippen molar-refractivity contribution in [1.82, 2.24) is 0 Å². The topological polar surface area (TPSA) is 34.3 Å². The number of epoxide rings is 2. The molecule has 0 spiro atoms. The van der Waals surface area contributed by atoms with Gasteiger partial charge in [-0.3, -0.25) is 0 Å². The third-order valence-corrected chi connectivity index (χ3v) is 2.17. The van der Waals surface area contributed by atoms with Gasteiger partial charge < -0.3 is 14.2 Å². The predicted octanol–water partition coefficient (Wildman–Crippen LogP) is 0.783. The zero-order chi connectivity index (χ0) is 8.39. The van der Waals surface area contributed by atoms with Gasteiger partial charge in [-0.15, -0.1) is 0 Å². The highest BCUT2D eigenvalue weighted by Crippen LogP contribution is 2.20. The molecule has 3 atom stereocenters. The summed E-state index contributed by atoms with van der Waals surface area (Å²) >= 11 is 0. The minimum absolute atomic E-state index is 0.265. The summed E-state index contributed by atoms with van der Waals surface area (Å²) in [4.78, 5) is 0. The van der Waals surface area contributed by atoms with Gasteiger partial charge in [-0.25, -0.2) is 0 Å². The average molecular weight is 171 g/mol. The summed E-state index contributed by atoms with van der Waals surface area (Å²) < 4.78 is 15.8. The van der Waals surface area contributed by atoms with Crippen LogP contribution in [0.2, 0.25) is 0 Å². The zero-order valence-corrected chi connectivity index (χ0v) is 7.20. The van der Waals surface area contributed by atoms with E-state index < -0.39 is 0 Å². The molecular formula is C9H15O3. The van der Waals surface area contributed by atoms with E-state index in [2.05, 4.69) is 6.92 Å². The third kappa shape index (κ3) is 2.73. The predicted molar refractivity (Wildman–Crippen MR) is 43.8 cm³/mol. The molecule has 2 aliphatic rings. The Hall–Kier alpha value is -0.120. The van der Waals surface area contributed by atoms with Crippen LogP contribution in [0.5, 0.6) is 0 Å². The highest BCUT2D eigenvalue weighted by atomic mass is 16.6.